The quantitative estimate of drug-likeness (QED) is 0.328. The first-order valence-electron chi connectivity index (χ1n) is 7.97. The van der Waals surface area contributed by atoms with E-state index in [2.05, 4.69) is 15.3 Å². The second kappa shape index (κ2) is 7.84. The van der Waals surface area contributed by atoms with Crippen LogP contribution >= 0.6 is 11.6 Å². The molecular weight excluding hydrogens is 358 g/mol. The number of aliphatic hydroxyl groups excluding tert-OH is 2. The number of pyridine rings is 1. The van der Waals surface area contributed by atoms with E-state index in [-0.39, 0.29) is 12.1 Å². The molecule has 7 nitrogen and oxygen atoms in total. The molecule has 5 N–H and O–H groups in total. The third-order valence-electron chi connectivity index (χ3n) is 4.05. The summed E-state index contributed by atoms with van der Waals surface area (Å²) in [5.74, 6) is -0.488. The number of benzene rings is 1. The minimum Gasteiger partial charge on any atom is -0.386 e. The maximum atomic E-state index is 12.6. The Bertz CT molecular complexity index is 898. The van der Waals surface area contributed by atoms with E-state index in [1.54, 1.807) is 12.1 Å². The van der Waals surface area contributed by atoms with Gasteiger partial charge in [-0.2, -0.15) is 0 Å². The molecule has 0 bridgehead atoms. The molecule has 0 radical (unpaired) electrons. The second-order valence-electron chi connectivity index (χ2n) is 5.95. The van der Waals surface area contributed by atoms with Crippen LogP contribution in [0.2, 0.25) is 5.15 Å². The van der Waals surface area contributed by atoms with Crippen LogP contribution in [0.1, 0.15) is 16.1 Å². The van der Waals surface area contributed by atoms with Gasteiger partial charge in [0.25, 0.3) is 5.91 Å². The van der Waals surface area contributed by atoms with Gasteiger partial charge in [0.15, 0.2) is 6.29 Å². The summed E-state index contributed by atoms with van der Waals surface area (Å²) in [5, 5.41) is 32.4. The zero-order valence-electron chi connectivity index (χ0n) is 13.6. The summed E-state index contributed by atoms with van der Waals surface area (Å²) in [6.45, 7) is 0. The third-order valence-corrected chi connectivity index (χ3v) is 4.26. The average molecular weight is 376 g/mol. The van der Waals surface area contributed by atoms with Crippen molar-refractivity contribution in [3.05, 3.63) is 65.1 Å². The number of fused-ring (bicyclic) bond motifs is 1. The predicted octanol–water partition coefficient (Wildman–Crippen LogP) is 1.23. The van der Waals surface area contributed by atoms with Crippen LogP contribution in [0.3, 0.4) is 0 Å². The first-order chi connectivity index (χ1) is 12.4. The third kappa shape index (κ3) is 4.20. The number of aromatic amines is 1. The van der Waals surface area contributed by atoms with Gasteiger partial charge < -0.3 is 25.6 Å². The number of H-pyrrole nitrogens is 1. The molecule has 26 heavy (non-hydrogen) atoms. The fourth-order valence-corrected chi connectivity index (χ4v) is 2.87. The van der Waals surface area contributed by atoms with E-state index >= 15 is 0 Å². The topological polar surface area (TPSA) is 118 Å². The van der Waals surface area contributed by atoms with Gasteiger partial charge in [-0.25, -0.2) is 4.98 Å². The number of halogens is 1. The van der Waals surface area contributed by atoms with Crippen LogP contribution in [0.15, 0.2) is 48.7 Å². The summed E-state index contributed by atoms with van der Waals surface area (Å²) >= 11 is 5.84. The SMILES string of the molecule is O=C(NC(Cc1ccccc1)C(O)C(O)O)c1cc2cc(Cl)ncc2[nH]1. The van der Waals surface area contributed by atoms with Gasteiger partial charge in [0.1, 0.15) is 17.0 Å². The Balaban J connectivity index is 1.81. The fourth-order valence-electron chi connectivity index (χ4n) is 2.71. The summed E-state index contributed by atoms with van der Waals surface area (Å²) in [6.07, 6.45) is -1.77. The fraction of sp³-hybridized carbons (Fsp3) is 0.222. The van der Waals surface area contributed by atoms with Gasteiger partial charge in [-0.05, 0) is 24.1 Å². The van der Waals surface area contributed by atoms with Gasteiger partial charge in [-0.3, -0.25) is 4.79 Å². The molecule has 2 heterocycles. The molecule has 0 saturated heterocycles. The molecule has 0 aliphatic rings. The second-order valence-corrected chi connectivity index (χ2v) is 6.34. The van der Waals surface area contributed by atoms with E-state index in [0.29, 0.717) is 10.7 Å². The van der Waals surface area contributed by atoms with Crippen LogP contribution in [0, 0.1) is 0 Å². The van der Waals surface area contributed by atoms with Gasteiger partial charge in [0.2, 0.25) is 0 Å². The number of carbonyl (C=O) groups is 1. The molecule has 1 amide bonds. The Morgan fingerprint density at radius 1 is 1.19 bits per heavy atom. The van der Waals surface area contributed by atoms with Crippen LogP contribution in [0.5, 0.6) is 0 Å². The lowest BCUT2D eigenvalue weighted by Crippen LogP contribution is -2.49. The Labute approximate surface area is 154 Å². The van der Waals surface area contributed by atoms with E-state index in [0.717, 1.165) is 10.9 Å². The predicted molar refractivity (Wildman–Crippen MR) is 96.7 cm³/mol. The van der Waals surface area contributed by atoms with Gasteiger partial charge in [-0.15, -0.1) is 0 Å². The number of aromatic nitrogens is 2. The molecule has 8 heteroatoms. The van der Waals surface area contributed by atoms with Crippen molar-refractivity contribution in [2.75, 3.05) is 0 Å². The highest BCUT2D eigenvalue weighted by Gasteiger charge is 2.27. The normalized spacial score (nSPS) is 13.7. The zero-order valence-corrected chi connectivity index (χ0v) is 14.4. The van der Waals surface area contributed by atoms with Crippen LogP contribution in [0.4, 0.5) is 0 Å². The summed E-state index contributed by atoms with van der Waals surface area (Å²) in [7, 11) is 0. The van der Waals surface area contributed by atoms with Crippen molar-refractivity contribution in [1.29, 1.82) is 0 Å². The lowest BCUT2D eigenvalue weighted by Gasteiger charge is -2.25. The van der Waals surface area contributed by atoms with E-state index < -0.39 is 24.3 Å². The van der Waals surface area contributed by atoms with Gasteiger partial charge in [0, 0.05) is 5.39 Å². The monoisotopic (exact) mass is 375 g/mol. The molecule has 0 spiro atoms. The highest BCUT2D eigenvalue weighted by molar-refractivity contribution is 6.30. The number of aliphatic hydroxyl groups is 3. The lowest BCUT2D eigenvalue weighted by molar-refractivity contribution is -0.131. The molecule has 2 unspecified atom stereocenters. The van der Waals surface area contributed by atoms with Gasteiger partial charge >= 0.3 is 0 Å². The van der Waals surface area contributed by atoms with Crippen molar-refractivity contribution in [2.24, 2.45) is 0 Å². The highest BCUT2D eigenvalue weighted by Crippen LogP contribution is 2.18. The van der Waals surface area contributed by atoms with Crippen LogP contribution in [0.25, 0.3) is 10.9 Å². The summed E-state index contributed by atoms with van der Waals surface area (Å²) in [6, 6.07) is 11.5. The Morgan fingerprint density at radius 2 is 1.92 bits per heavy atom. The van der Waals surface area contributed by atoms with Crippen molar-refractivity contribution < 1.29 is 20.1 Å². The number of rotatable bonds is 6. The standard InChI is InChI=1S/C18H18ClN3O4/c19-15-8-11-7-13(21-14(11)9-20-15)17(24)22-12(16(23)18(25)26)6-10-4-2-1-3-5-10/h1-5,7-9,12,16,18,21,23,25-26H,6H2,(H,22,24). The molecule has 136 valence electrons. The van der Waals surface area contributed by atoms with Crippen molar-refractivity contribution in [2.45, 2.75) is 24.9 Å². The molecule has 0 aliphatic heterocycles. The van der Waals surface area contributed by atoms with E-state index in [1.807, 2.05) is 30.3 Å². The maximum absolute atomic E-state index is 12.6. The number of hydrogen-bond acceptors (Lipinski definition) is 5. The lowest BCUT2D eigenvalue weighted by atomic mass is 10.0. The van der Waals surface area contributed by atoms with E-state index in [9.17, 15) is 20.1 Å². The minimum atomic E-state index is -1.98. The molecule has 1 aromatic carbocycles. The Morgan fingerprint density at radius 3 is 2.62 bits per heavy atom. The molecule has 2 atom stereocenters. The number of hydrogen-bond donors (Lipinski definition) is 5. The molecule has 0 aliphatic carbocycles. The van der Waals surface area contributed by atoms with Gasteiger partial charge in [-0.1, -0.05) is 41.9 Å². The van der Waals surface area contributed by atoms with E-state index in [1.165, 1.54) is 6.20 Å². The number of nitrogens with one attached hydrogen (secondary N) is 2. The van der Waals surface area contributed by atoms with Crippen LogP contribution in [-0.2, 0) is 6.42 Å². The average Bonchev–Trinajstić information content (AvgIpc) is 3.04. The first kappa shape index (κ1) is 18.3. The molecule has 0 saturated carbocycles. The van der Waals surface area contributed by atoms with Crippen LogP contribution in [-0.4, -0.2) is 49.6 Å². The number of carbonyl (C=O) groups excluding carboxylic acids is 1. The molecule has 2 aromatic heterocycles. The van der Waals surface area contributed by atoms with Gasteiger partial charge in [0.05, 0.1) is 17.8 Å². The van der Waals surface area contributed by atoms with E-state index in [4.69, 9.17) is 11.6 Å². The maximum Gasteiger partial charge on any atom is 0.268 e. The summed E-state index contributed by atoms with van der Waals surface area (Å²) in [4.78, 5) is 19.4. The molecule has 0 fully saturated rings. The van der Waals surface area contributed by atoms with Crippen molar-refractivity contribution in [1.82, 2.24) is 15.3 Å². The molecular formula is C18H18ClN3O4. The van der Waals surface area contributed by atoms with Crippen molar-refractivity contribution in [3.63, 3.8) is 0 Å². The number of amides is 1. The minimum absolute atomic E-state index is 0.235. The summed E-state index contributed by atoms with van der Waals surface area (Å²) in [5.41, 5.74) is 1.73. The van der Waals surface area contributed by atoms with Crippen LogP contribution < -0.4 is 5.32 Å². The molecule has 3 rings (SSSR count). The van der Waals surface area contributed by atoms with Crippen molar-refractivity contribution in [3.8, 4) is 0 Å². The Kier molecular flexibility index (Phi) is 5.53. The van der Waals surface area contributed by atoms with Crippen molar-refractivity contribution >= 4 is 28.4 Å². The summed E-state index contributed by atoms with van der Waals surface area (Å²) < 4.78 is 0. The number of nitrogens with zero attached hydrogens (tertiary/aromatic N) is 1. The smallest absolute Gasteiger partial charge is 0.268 e. The highest BCUT2D eigenvalue weighted by atomic mass is 35.5. The molecule has 3 aromatic rings. The zero-order chi connectivity index (χ0) is 18.7. The Hall–Kier alpha value is -2.45. The first-order valence-corrected chi connectivity index (χ1v) is 8.35. The largest absolute Gasteiger partial charge is 0.386 e.